The van der Waals surface area contributed by atoms with E-state index in [0.717, 1.165) is 10.4 Å². The highest BCUT2D eigenvalue weighted by Gasteiger charge is 2.54. The molecule has 0 aliphatic carbocycles. The Kier molecular flexibility index (Phi) is 6.31. The van der Waals surface area contributed by atoms with Crippen molar-refractivity contribution < 1.29 is 24.5 Å². The summed E-state index contributed by atoms with van der Waals surface area (Å²) >= 11 is 0. The normalized spacial score (nSPS) is 28.6. The Labute approximate surface area is 190 Å². The summed E-state index contributed by atoms with van der Waals surface area (Å²) in [6, 6.07) is 19.9. The zero-order valence-corrected chi connectivity index (χ0v) is 19.9. The van der Waals surface area contributed by atoms with Crippen molar-refractivity contribution in [2.24, 2.45) is 0 Å². The molecule has 2 aromatic rings. The molecule has 0 saturated carbocycles. The number of rotatable bonds is 5. The molecule has 6 nitrogen and oxygen atoms in total. The van der Waals surface area contributed by atoms with E-state index in [1.165, 1.54) is 0 Å². The minimum Gasteiger partial charge on any atom is -0.405 e. The Morgan fingerprint density at radius 2 is 1.44 bits per heavy atom. The minimum absolute atomic E-state index is 0.186. The van der Waals surface area contributed by atoms with Crippen molar-refractivity contribution in [3.63, 3.8) is 0 Å². The molecule has 0 radical (unpaired) electrons. The fourth-order valence-electron chi connectivity index (χ4n) is 5.45. The van der Waals surface area contributed by atoms with E-state index in [1.54, 1.807) is 4.90 Å². The molecule has 0 aromatic heterocycles. The van der Waals surface area contributed by atoms with E-state index in [4.69, 9.17) is 4.43 Å². The predicted octanol–water partition coefficient (Wildman–Crippen LogP) is 1.02. The lowest BCUT2D eigenvalue weighted by Crippen LogP contribution is -2.68. The van der Waals surface area contributed by atoms with Gasteiger partial charge in [0.1, 0.15) is 12.2 Å². The van der Waals surface area contributed by atoms with Gasteiger partial charge in [0.25, 0.3) is 14.2 Å². The lowest BCUT2D eigenvalue weighted by Gasteiger charge is -2.45. The second-order valence-corrected chi connectivity index (χ2v) is 14.3. The number of amides is 1. The van der Waals surface area contributed by atoms with Crippen LogP contribution in [0.4, 0.5) is 0 Å². The molecular formula is C25H33NO5Si. The average molecular weight is 456 g/mol. The first-order valence-corrected chi connectivity index (χ1v) is 13.2. The van der Waals surface area contributed by atoms with E-state index in [9.17, 15) is 20.1 Å². The summed E-state index contributed by atoms with van der Waals surface area (Å²) in [5.74, 6) is -0.527. The molecule has 2 saturated heterocycles. The van der Waals surface area contributed by atoms with Crippen molar-refractivity contribution in [3.8, 4) is 0 Å². The van der Waals surface area contributed by atoms with Crippen molar-refractivity contribution in [1.82, 2.24) is 4.90 Å². The van der Waals surface area contributed by atoms with Gasteiger partial charge in [0, 0.05) is 0 Å². The van der Waals surface area contributed by atoms with Crippen LogP contribution >= 0.6 is 0 Å². The number of hydrogen-bond acceptors (Lipinski definition) is 5. The van der Waals surface area contributed by atoms with E-state index in [2.05, 4.69) is 45.0 Å². The summed E-state index contributed by atoms with van der Waals surface area (Å²) in [7, 11) is -2.76. The van der Waals surface area contributed by atoms with Gasteiger partial charge in [-0.1, -0.05) is 81.4 Å². The van der Waals surface area contributed by atoms with Crippen molar-refractivity contribution in [1.29, 1.82) is 0 Å². The van der Waals surface area contributed by atoms with Crippen LogP contribution in [0.25, 0.3) is 0 Å². The van der Waals surface area contributed by atoms with Crippen LogP contribution in [-0.2, 0) is 9.22 Å². The molecule has 2 aliphatic rings. The number of aliphatic hydroxyl groups excluding tert-OH is 3. The van der Waals surface area contributed by atoms with Crippen LogP contribution in [-0.4, -0.2) is 71.4 Å². The molecule has 2 fully saturated rings. The fraction of sp³-hybridized carbons (Fsp3) is 0.480. The van der Waals surface area contributed by atoms with Crippen LogP contribution in [0.3, 0.4) is 0 Å². The number of piperidine rings is 1. The van der Waals surface area contributed by atoms with Gasteiger partial charge in [-0.25, -0.2) is 0 Å². The highest BCUT2D eigenvalue weighted by Crippen LogP contribution is 2.39. The number of fused-ring (bicyclic) bond motifs is 1. The lowest BCUT2D eigenvalue weighted by atomic mass is 9.94. The topological polar surface area (TPSA) is 90.2 Å². The van der Waals surface area contributed by atoms with Crippen molar-refractivity contribution in [2.45, 2.75) is 69.0 Å². The quantitative estimate of drug-likeness (QED) is 0.586. The van der Waals surface area contributed by atoms with Crippen molar-refractivity contribution >= 4 is 24.6 Å². The summed E-state index contributed by atoms with van der Waals surface area (Å²) in [5.41, 5.74) is 0. The number of benzene rings is 2. The zero-order chi connectivity index (χ0) is 23.1. The molecule has 172 valence electrons. The van der Waals surface area contributed by atoms with Crippen LogP contribution in [0.5, 0.6) is 0 Å². The maximum Gasteiger partial charge on any atom is 0.261 e. The largest absolute Gasteiger partial charge is 0.405 e. The monoisotopic (exact) mass is 455 g/mol. The predicted molar refractivity (Wildman–Crippen MR) is 125 cm³/mol. The molecule has 3 N–H and O–H groups in total. The van der Waals surface area contributed by atoms with E-state index < -0.39 is 38.6 Å². The molecule has 4 rings (SSSR count). The van der Waals surface area contributed by atoms with E-state index in [-0.39, 0.29) is 11.1 Å². The second kappa shape index (κ2) is 8.72. The molecule has 7 heteroatoms. The fourth-order valence-corrected chi connectivity index (χ4v) is 10.0. The first-order valence-electron chi connectivity index (χ1n) is 11.3. The zero-order valence-electron chi connectivity index (χ0n) is 18.9. The number of carbonyl (C=O) groups is 1. The van der Waals surface area contributed by atoms with Gasteiger partial charge >= 0.3 is 0 Å². The Hall–Kier alpha value is -2.03. The van der Waals surface area contributed by atoms with Crippen molar-refractivity contribution in [3.05, 3.63) is 60.7 Å². The third kappa shape index (κ3) is 3.72. The summed E-state index contributed by atoms with van der Waals surface area (Å²) in [5, 5.41) is 32.8. The van der Waals surface area contributed by atoms with Crippen LogP contribution in [0.15, 0.2) is 60.7 Å². The van der Waals surface area contributed by atoms with Gasteiger partial charge < -0.3 is 24.6 Å². The molecule has 2 aromatic carbocycles. The van der Waals surface area contributed by atoms with Gasteiger partial charge in [-0.15, -0.1) is 0 Å². The Balaban J connectivity index is 1.70. The smallest absolute Gasteiger partial charge is 0.261 e. The molecule has 2 aliphatic heterocycles. The van der Waals surface area contributed by atoms with Crippen LogP contribution in [0.2, 0.25) is 5.04 Å². The number of nitrogens with zero attached hydrogens (tertiary/aromatic N) is 1. The molecular weight excluding hydrogens is 422 g/mol. The molecule has 2 heterocycles. The van der Waals surface area contributed by atoms with E-state index in [1.807, 2.05) is 36.4 Å². The maximum atomic E-state index is 12.8. The Morgan fingerprint density at radius 1 is 0.906 bits per heavy atom. The number of hydrogen-bond donors (Lipinski definition) is 3. The highest BCUT2D eigenvalue weighted by atomic mass is 28.4. The number of carbonyl (C=O) groups excluding carboxylic acids is 1. The Bertz CT molecular complexity index is 893. The third-order valence-corrected chi connectivity index (χ3v) is 12.0. The van der Waals surface area contributed by atoms with Gasteiger partial charge in [0.15, 0.2) is 6.10 Å². The van der Waals surface area contributed by atoms with Gasteiger partial charge in [0.05, 0.1) is 18.7 Å². The van der Waals surface area contributed by atoms with Gasteiger partial charge in [0.2, 0.25) is 0 Å². The van der Waals surface area contributed by atoms with Gasteiger partial charge in [-0.3, -0.25) is 4.79 Å². The van der Waals surface area contributed by atoms with E-state index >= 15 is 0 Å². The summed E-state index contributed by atoms with van der Waals surface area (Å²) in [6.07, 6.45) is -2.97. The first-order chi connectivity index (χ1) is 15.2. The number of aliphatic hydroxyl groups is 3. The summed E-state index contributed by atoms with van der Waals surface area (Å²) in [6.45, 7) is 6.91. The SMILES string of the molecule is CC(C)(C)[Si](OC[C@@H]1CC[C@H]2[C@@H](O)[C@@H](O)[C@@H](O)C(=O)N12)(c1ccccc1)c1ccccc1. The second-order valence-electron chi connectivity index (χ2n) is 9.94. The lowest BCUT2D eigenvalue weighted by molar-refractivity contribution is -0.175. The van der Waals surface area contributed by atoms with Crippen LogP contribution in [0, 0.1) is 0 Å². The van der Waals surface area contributed by atoms with Crippen LogP contribution < -0.4 is 10.4 Å². The molecule has 1 amide bonds. The van der Waals surface area contributed by atoms with Gasteiger partial charge in [-0.2, -0.15) is 0 Å². The summed E-state index contributed by atoms with van der Waals surface area (Å²) < 4.78 is 6.96. The Morgan fingerprint density at radius 3 is 1.94 bits per heavy atom. The van der Waals surface area contributed by atoms with Gasteiger partial charge in [-0.05, 0) is 28.3 Å². The molecule has 0 spiro atoms. The molecule has 5 atom stereocenters. The average Bonchev–Trinajstić information content (AvgIpc) is 3.21. The standard InChI is InChI=1S/C25H33NO5Si/c1-25(2,3)32(18-10-6-4-7-11-18,19-12-8-5-9-13-19)31-16-17-14-15-20-21(27)22(28)23(29)24(30)26(17)20/h4-13,17,20-23,27-29H,14-16H2,1-3H3/t17-,20-,21+,22+,23+/m0/s1. The van der Waals surface area contributed by atoms with E-state index in [0.29, 0.717) is 19.4 Å². The molecule has 32 heavy (non-hydrogen) atoms. The molecule has 0 unspecified atom stereocenters. The summed E-state index contributed by atoms with van der Waals surface area (Å²) in [4.78, 5) is 14.4. The minimum atomic E-state index is -2.76. The maximum absolute atomic E-state index is 12.8. The molecule has 0 bridgehead atoms. The van der Waals surface area contributed by atoms with Crippen molar-refractivity contribution in [2.75, 3.05) is 6.61 Å². The highest BCUT2D eigenvalue weighted by molar-refractivity contribution is 6.99. The van der Waals surface area contributed by atoms with Crippen LogP contribution in [0.1, 0.15) is 33.6 Å². The first kappa shape index (κ1) is 23.1. The third-order valence-electron chi connectivity index (χ3n) is 7.03.